The van der Waals surface area contributed by atoms with Crippen molar-refractivity contribution in [1.82, 2.24) is 0 Å². The molecule has 2 rings (SSSR count). The molecule has 0 aromatic carbocycles. The van der Waals surface area contributed by atoms with Gasteiger partial charge in [0.2, 0.25) is 0 Å². The van der Waals surface area contributed by atoms with Crippen LogP contribution in [0, 0.1) is 0 Å². The van der Waals surface area contributed by atoms with E-state index in [0.717, 1.165) is 50.2 Å². The molecule has 2 atom stereocenters. The minimum atomic E-state index is 0.330. The SMILES string of the molecule is C=C(/C=C\CCOCC1CO1)CC(/C=C\CCOCC1CO1)=C/N. The van der Waals surface area contributed by atoms with E-state index in [1.807, 2.05) is 12.2 Å². The number of nitrogens with two attached hydrogens (primary N) is 1. The number of epoxide rings is 2. The van der Waals surface area contributed by atoms with Gasteiger partial charge < -0.3 is 24.7 Å². The molecule has 5 nitrogen and oxygen atoms in total. The Bertz CT molecular complexity index is 462. The van der Waals surface area contributed by atoms with E-state index in [9.17, 15) is 0 Å². The highest BCUT2D eigenvalue weighted by atomic mass is 16.6. The molecule has 0 radical (unpaired) electrons. The second-order valence-corrected chi connectivity index (χ2v) is 6.02. The highest BCUT2D eigenvalue weighted by molar-refractivity contribution is 5.28. The van der Waals surface area contributed by atoms with E-state index >= 15 is 0 Å². The predicted molar refractivity (Wildman–Crippen MR) is 94.7 cm³/mol. The lowest BCUT2D eigenvalue weighted by Gasteiger charge is -2.03. The van der Waals surface area contributed by atoms with E-state index in [1.165, 1.54) is 0 Å². The van der Waals surface area contributed by atoms with Crippen LogP contribution in [0.25, 0.3) is 0 Å². The van der Waals surface area contributed by atoms with Gasteiger partial charge in [-0.05, 0) is 31.0 Å². The molecule has 2 heterocycles. The lowest BCUT2D eigenvalue weighted by atomic mass is 10.1. The van der Waals surface area contributed by atoms with Gasteiger partial charge in [0.05, 0.1) is 39.6 Å². The van der Waals surface area contributed by atoms with Gasteiger partial charge in [0, 0.05) is 0 Å². The molecule has 0 aliphatic carbocycles. The van der Waals surface area contributed by atoms with Gasteiger partial charge >= 0.3 is 0 Å². The Morgan fingerprint density at radius 1 is 1.00 bits per heavy atom. The number of ether oxygens (including phenoxy) is 4. The second-order valence-electron chi connectivity index (χ2n) is 6.02. The summed E-state index contributed by atoms with van der Waals surface area (Å²) >= 11 is 0. The molecule has 24 heavy (non-hydrogen) atoms. The third-order valence-electron chi connectivity index (χ3n) is 3.60. The summed E-state index contributed by atoms with van der Waals surface area (Å²) in [5, 5.41) is 0. The monoisotopic (exact) mass is 335 g/mol. The molecule has 0 bridgehead atoms. The summed E-state index contributed by atoms with van der Waals surface area (Å²) in [6.45, 7) is 8.58. The summed E-state index contributed by atoms with van der Waals surface area (Å²) in [6.07, 6.45) is 13.0. The van der Waals surface area contributed by atoms with Crippen molar-refractivity contribution >= 4 is 0 Å². The maximum atomic E-state index is 5.68. The Kier molecular flexibility index (Phi) is 8.84. The molecule has 2 aliphatic heterocycles. The number of rotatable bonds is 14. The lowest BCUT2D eigenvalue weighted by Crippen LogP contribution is -2.01. The quantitative estimate of drug-likeness (QED) is 0.300. The molecule has 2 N–H and O–H groups in total. The Balaban J connectivity index is 1.50. The van der Waals surface area contributed by atoms with Gasteiger partial charge in [-0.15, -0.1) is 0 Å². The molecule has 2 aliphatic rings. The second kappa shape index (κ2) is 11.2. The van der Waals surface area contributed by atoms with Crippen LogP contribution in [-0.4, -0.2) is 51.8 Å². The van der Waals surface area contributed by atoms with Crippen LogP contribution in [0.4, 0.5) is 0 Å². The van der Waals surface area contributed by atoms with E-state index in [0.29, 0.717) is 32.0 Å². The minimum Gasteiger partial charge on any atom is -0.404 e. The molecule has 0 aromatic heterocycles. The zero-order valence-corrected chi connectivity index (χ0v) is 14.3. The fraction of sp³-hybridized carbons (Fsp3) is 0.579. The standard InChI is InChI=1S/C19H29NO4/c1-16(6-2-4-8-21-12-18-14-23-18)10-17(11-20)7-3-5-9-22-13-19-15-24-19/h2-3,6-7,11,18-19H,1,4-5,8-10,12-15,20H2/b6-2-,7-3-,17-11+. The minimum absolute atomic E-state index is 0.330. The molecule has 0 saturated carbocycles. The molecule has 134 valence electrons. The Morgan fingerprint density at radius 3 is 2.04 bits per heavy atom. The van der Waals surface area contributed by atoms with Crippen LogP contribution in [-0.2, 0) is 18.9 Å². The average molecular weight is 335 g/mol. The van der Waals surface area contributed by atoms with Gasteiger partial charge in [-0.3, -0.25) is 0 Å². The van der Waals surface area contributed by atoms with Crippen molar-refractivity contribution in [3.63, 3.8) is 0 Å². The van der Waals surface area contributed by atoms with Crippen molar-refractivity contribution in [2.24, 2.45) is 5.73 Å². The van der Waals surface area contributed by atoms with E-state index < -0.39 is 0 Å². The summed E-state index contributed by atoms with van der Waals surface area (Å²) < 4.78 is 21.1. The van der Waals surface area contributed by atoms with Crippen LogP contribution in [0.1, 0.15) is 19.3 Å². The molecule has 2 fully saturated rings. The van der Waals surface area contributed by atoms with Crippen molar-refractivity contribution in [3.05, 3.63) is 48.2 Å². The lowest BCUT2D eigenvalue weighted by molar-refractivity contribution is 0.120. The molecule has 5 heteroatoms. The van der Waals surface area contributed by atoms with Gasteiger partial charge in [-0.2, -0.15) is 0 Å². The fourth-order valence-corrected chi connectivity index (χ4v) is 2.04. The average Bonchev–Trinajstić information content (AvgIpc) is 3.47. The van der Waals surface area contributed by atoms with Gasteiger partial charge in [0.1, 0.15) is 12.2 Å². The summed E-state index contributed by atoms with van der Waals surface area (Å²) in [5.74, 6) is 0. The molecule has 2 unspecified atom stereocenters. The Morgan fingerprint density at radius 2 is 1.54 bits per heavy atom. The first-order valence-corrected chi connectivity index (χ1v) is 8.58. The summed E-state index contributed by atoms with van der Waals surface area (Å²) in [6, 6.07) is 0. The van der Waals surface area contributed by atoms with Crippen LogP contribution in [0.15, 0.2) is 48.2 Å². The summed E-state index contributed by atoms with van der Waals surface area (Å²) in [5.41, 5.74) is 7.77. The molecule has 0 amide bonds. The largest absolute Gasteiger partial charge is 0.404 e. The molecule has 2 saturated heterocycles. The van der Waals surface area contributed by atoms with Crippen LogP contribution in [0.3, 0.4) is 0 Å². The zero-order valence-electron chi connectivity index (χ0n) is 14.3. The van der Waals surface area contributed by atoms with Crippen molar-refractivity contribution in [2.45, 2.75) is 31.5 Å². The third-order valence-corrected chi connectivity index (χ3v) is 3.60. The maximum absolute atomic E-state index is 5.68. The molecule has 0 aromatic rings. The van der Waals surface area contributed by atoms with E-state index in [2.05, 4.69) is 18.7 Å². The van der Waals surface area contributed by atoms with E-state index in [4.69, 9.17) is 24.7 Å². The van der Waals surface area contributed by atoms with E-state index in [-0.39, 0.29) is 0 Å². The fourth-order valence-electron chi connectivity index (χ4n) is 2.04. The van der Waals surface area contributed by atoms with Crippen molar-refractivity contribution < 1.29 is 18.9 Å². The first kappa shape index (κ1) is 18.9. The van der Waals surface area contributed by atoms with Crippen LogP contribution >= 0.6 is 0 Å². The van der Waals surface area contributed by atoms with Crippen LogP contribution in [0.5, 0.6) is 0 Å². The number of hydrogen-bond acceptors (Lipinski definition) is 5. The van der Waals surface area contributed by atoms with Crippen LogP contribution < -0.4 is 5.73 Å². The van der Waals surface area contributed by atoms with Gasteiger partial charge in [0.15, 0.2) is 0 Å². The molecular formula is C19H29NO4. The van der Waals surface area contributed by atoms with E-state index in [1.54, 1.807) is 6.20 Å². The zero-order chi connectivity index (χ0) is 17.0. The highest BCUT2D eigenvalue weighted by Gasteiger charge is 2.22. The molecule has 0 spiro atoms. The van der Waals surface area contributed by atoms with Gasteiger partial charge in [0.25, 0.3) is 0 Å². The number of allylic oxidation sites excluding steroid dienone is 4. The highest BCUT2D eigenvalue weighted by Crippen LogP contribution is 2.13. The number of hydrogen-bond donors (Lipinski definition) is 1. The van der Waals surface area contributed by atoms with Crippen molar-refractivity contribution in [3.8, 4) is 0 Å². The summed E-state index contributed by atoms with van der Waals surface area (Å²) in [4.78, 5) is 0. The molecular weight excluding hydrogens is 306 g/mol. The predicted octanol–water partition coefficient (Wildman–Crippen LogP) is 2.50. The first-order chi connectivity index (χ1) is 11.8. The smallest absolute Gasteiger partial charge is 0.104 e. The van der Waals surface area contributed by atoms with Gasteiger partial charge in [-0.1, -0.05) is 36.5 Å². The normalized spacial score (nSPS) is 23.2. The summed E-state index contributed by atoms with van der Waals surface area (Å²) in [7, 11) is 0. The first-order valence-electron chi connectivity index (χ1n) is 8.58. The third kappa shape index (κ3) is 9.67. The van der Waals surface area contributed by atoms with Gasteiger partial charge in [-0.25, -0.2) is 0 Å². The Hall–Kier alpha value is -1.40. The maximum Gasteiger partial charge on any atom is 0.104 e. The van der Waals surface area contributed by atoms with Crippen LogP contribution in [0.2, 0.25) is 0 Å². The van der Waals surface area contributed by atoms with Crippen molar-refractivity contribution in [2.75, 3.05) is 39.6 Å². The van der Waals surface area contributed by atoms with Crippen molar-refractivity contribution in [1.29, 1.82) is 0 Å². The Labute approximate surface area is 144 Å². The topological polar surface area (TPSA) is 69.5 Å².